The second-order valence-corrected chi connectivity index (χ2v) is 3.23. The summed E-state index contributed by atoms with van der Waals surface area (Å²) in [5, 5.41) is 10.8. The normalized spacial score (nSPS) is 12.0. The molecule has 0 atom stereocenters. The Labute approximate surface area is 85.9 Å². The zero-order valence-electron chi connectivity index (χ0n) is 7.77. The number of hydrogen-bond donors (Lipinski definition) is 2. The van der Waals surface area contributed by atoms with Crippen molar-refractivity contribution in [2.75, 3.05) is 11.1 Å². The van der Waals surface area contributed by atoms with E-state index in [1.165, 1.54) is 0 Å². The Hall–Kier alpha value is -2.30. The summed E-state index contributed by atoms with van der Waals surface area (Å²) in [5.74, 6) is 1.14. The zero-order chi connectivity index (χ0) is 10.3. The fourth-order valence-corrected chi connectivity index (χ4v) is 1.47. The summed E-state index contributed by atoms with van der Waals surface area (Å²) < 4.78 is 5.54. The van der Waals surface area contributed by atoms with E-state index in [4.69, 9.17) is 10.5 Å². The van der Waals surface area contributed by atoms with E-state index in [2.05, 4.69) is 15.5 Å². The van der Waals surface area contributed by atoms with Crippen molar-refractivity contribution in [3.8, 4) is 11.6 Å². The maximum absolute atomic E-state index is 5.66. The van der Waals surface area contributed by atoms with Crippen LogP contribution in [-0.2, 0) is 0 Å². The van der Waals surface area contributed by atoms with Gasteiger partial charge in [0, 0.05) is 11.8 Å². The van der Waals surface area contributed by atoms with E-state index in [9.17, 15) is 0 Å². The number of benzene rings is 1. The molecule has 1 aromatic heterocycles. The van der Waals surface area contributed by atoms with Gasteiger partial charge in [-0.15, -0.1) is 5.10 Å². The van der Waals surface area contributed by atoms with E-state index >= 15 is 0 Å². The predicted molar refractivity (Wildman–Crippen MR) is 56.2 cm³/mol. The van der Waals surface area contributed by atoms with Gasteiger partial charge in [0.15, 0.2) is 5.75 Å². The molecule has 2 aromatic rings. The van der Waals surface area contributed by atoms with Crippen LogP contribution in [0.15, 0.2) is 30.5 Å². The number of nitrogens with two attached hydrogens (primary N) is 1. The SMILES string of the molecule is Nc1ccc2c(c1)Oc1nnccc1N2. The van der Waals surface area contributed by atoms with Crippen LogP contribution in [0.3, 0.4) is 0 Å². The third-order valence-corrected chi connectivity index (χ3v) is 2.17. The van der Waals surface area contributed by atoms with E-state index in [0.29, 0.717) is 17.3 Å². The van der Waals surface area contributed by atoms with Gasteiger partial charge in [0.05, 0.1) is 11.9 Å². The van der Waals surface area contributed by atoms with Crippen molar-refractivity contribution < 1.29 is 4.74 Å². The second kappa shape index (κ2) is 2.84. The monoisotopic (exact) mass is 200 g/mol. The summed E-state index contributed by atoms with van der Waals surface area (Å²) in [4.78, 5) is 0. The highest BCUT2D eigenvalue weighted by Crippen LogP contribution is 2.40. The van der Waals surface area contributed by atoms with Crippen LogP contribution < -0.4 is 15.8 Å². The first-order valence-electron chi connectivity index (χ1n) is 4.49. The summed E-state index contributed by atoms with van der Waals surface area (Å²) in [6.07, 6.45) is 1.61. The Morgan fingerprint density at radius 3 is 3.07 bits per heavy atom. The van der Waals surface area contributed by atoms with Gasteiger partial charge in [0.25, 0.3) is 5.88 Å². The summed E-state index contributed by atoms with van der Waals surface area (Å²) in [5.41, 5.74) is 8.00. The number of fused-ring (bicyclic) bond motifs is 2. The molecule has 0 fully saturated rings. The van der Waals surface area contributed by atoms with Crippen LogP contribution in [0.25, 0.3) is 0 Å². The third-order valence-electron chi connectivity index (χ3n) is 2.17. The number of hydrogen-bond acceptors (Lipinski definition) is 5. The average molecular weight is 200 g/mol. The molecule has 0 radical (unpaired) electrons. The summed E-state index contributed by atoms with van der Waals surface area (Å²) in [6, 6.07) is 7.24. The molecule has 15 heavy (non-hydrogen) atoms. The number of nitrogens with one attached hydrogen (secondary N) is 1. The van der Waals surface area contributed by atoms with Gasteiger partial charge in [0.2, 0.25) is 0 Å². The Kier molecular flexibility index (Phi) is 1.53. The highest BCUT2D eigenvalue weighted by Gasteiger charge is 2.17. The highest BCUT2D eigenvalue weighted by atomic mass is 16.5. The molecule has 0 aliphatic carbocycles. The molecule has 5 nitrogen and oxygen atoms in total. The molecule has 1 aliphatic rings. The Balaban J connectivity index is 2.11. The van der Waals surface area contributed by atoms with E-state index in [1.807, 2.05) is 18.2 Å². The molecule has 0 bridgehead atoms. The van der Waals surface area contributed by atoms with Gasteiger partial charge in [-0.1, -0.05) is 0 Å². The van der Waals surface area contributed by atoms with Gasteiger partial charge in [-0.25, -0.2) is 0 Å². The molecule has 2 heterocycles. The average Bonchev–Trinajstić information content (AvgIpc) is 2.26. The molecular weight excluding hydrogens is 192 g/mol. The van der Waals surface area contributed by atoms with Gasteiger partial charge >= 0.3 is 0 Å². The Bertz CT molecular complexity index is 527. The highest BCUT2D eigenvalue weighted by molar-refractivity contribution is 5.75. The number of nitrogens with zero attached hydrogens (tertiary/aromatic N) is 2. The molecule has 0 spiro atoms. The minimum Gasteiger partial charge on any atom is -0.434 e. The van der Waals surface area contributed by atoms with Crippen LogP contribution >= 0.6 is 0 Å². The topological polar surface area (TPSA) is 73.1 Å². The molecular formula is C10H8N4O. The van der Waals surface area contributed by atoms with Crippen LogP contribution in [0.1, 0.15) is 0 Å². The van der Waals surface area contributed by atoms with Crippen molar-refractivity contribution in [2.45, 2.75) is 0 Å². The lowest BCUT2D eigenvalue weighted by Gasteiger charge is -2.19. The van der Waals surface area contributed by atoms with Gasteiger partial charge < -0.3 is 15.8 Å². The first kappa shape index (κ1) is 8.05. The van der Waals surface area contributed by atoms with Crippen molar-refractivity contribution in [2.24, 2.45) is 0 Å². The first-order valence-corrected chi connectivity index (χ1v) is 4.49. The van der Waals surface area contributed by atoms with Crippen LogP contribution in [0.5, 0.6) is 11.6 Å². The molecule has 0 amide bonds. The molecule has 1 aliphatic heterocycles. The van der Waals surface area contributed by atoms with Crippen molar-refractivity contribution in [3.05, 3.63) is 30.5 Å². The Morgan fingerprint density at radius 1 is 1.20 bits per heavy atom. The van der Waals surface area contributed by atoms with Crippen molar-refractivity contribution in [1.82, 2.24) is 10.2 Å². The quantitative estimate of drug-likeness (QED) is 0.542. The minimum atomic E-state index is 0.468. The molecule has 5 heteroatoms. The van der Waals surface area contributed by atoms with Gasteiger partial charge in [-0.05, 0) is 18.2 Å². The van der Waals surface area contributed by atoms with E-state index in [1.54, 1.807) is 12.3 Å². The standard InChI is InChI=1S/C10H8N4O/c11-6-1-2-7-9(5-6)15-10-8(13-7)3-4-12-14-10/h1-5,13H,11H2. The van der Waals surface area contributed by atoms with Crippen LogP contribution in [0, 0.1) is 0 Å². The summed E-state index contributed by atoms with van der Waals surface area (Å²) in [7, 11) is 0. The van der Waals surface area contributed by atoms with Gasteiger partial charge in [0.1, 0.15) is 5.69 Å². The molecule has 3 rings (SSSR count). The number of nitrogen functional groups attached to an aromatic ring is 1. The third kappa shape index (κ3) is 1.25. The van der Waals surface area contributed by atoms with Crippen LogP contribution in [-0.4, -0.2) is 10.2 Å². The number of rotatable bonds is 0. The zero-order valence-corrected chi connectivity index (χ0v) is 7.77. The lowest BCUT2D eigenvalue weighted by molar-refractivity contribution is 0.454. The molecule has 3 N–H and O–H groups in total. The first-order chi connectivity index (χ1) is 7.33. The predicted octanol–water partition coefficient (Wildman–Crippen LogP) is 1.91. The fraction of sp³-hybridized carbons (Fsp3) is 0. The molecule has 0 unspecified atom stereocenters. The lowest BCUT2D eigenvalue weighted by Crippen LogP contribution is -2.05. The smallest absolute Gasteiger partial charge is 0.262 e. The molecule has 0 saturated heterocycles. The Morgan fingerprint density at radius 2 is 2.13 bits per heavy atom. The van der Waals surface area contributed by atoms with Crippen LogP contribution in [0.4, 0.5) is 17.1 Å². The van der Waals surface area contributed by atoms with Gasteiger partial charge in [-0.3, -0.25) is 0 Å². The minimum absolute atomic E-state index is 0.468. The van der Waals surface area contributed by atoms with Crippen LogP contribution in [0.2, 0.25) is 0 Å². The van der Waals surface area contributed by atoms with Crippen molar-refractivity contribution in [1.29, 1.82) is 0 Å². The van der Waals surface area contributed by atoms with Crippen molar-refractivity contribution in [3.63, 3.8) is 0 Å². The van der Waals surface area contributed by atoms with E-state index in [-0.39, 0.29) is 0 Å². The number of anilines is 3. The van der Waals surface area contributed by atoms with E-state index in [0.717, 1.165) is 11.4 Å². The molecule has 0 saturated carbocycles. The lowest BCUT2D eigenvalue weighted by atomic mass is 10.2. The number of aromatic nitrogens is 2. The summed E-state index contributed by atoms with van der Waals surface area (Å²) >= 11 is 0. The maximum Gasteiger partial charge on any atom is 0.262 e. The van der Waals surface area contributed by atoms with E-state index < -0.39 is 0 Å². The fourth-order valence-electron chi connectivity index (χ4n) is 1.47. The number of ether oxygens (including phenoxy) is 1. The maximum atomic E-state index is 5.66. The van der Waals surface area contributed by atoms with Crippen molar-refractivity contribution >= 4 is 17.1 Å². The van der Waals surface area contributed by atoms with Gasteiger partial charge in [-0.2, -0.15) is 5.10 Å². The second-order valence-electron chi connectivity index (χ2n) is 3.23. The summed E-state index contributed by atoms with van der Waals surface area (Å²) in [6.45, 7) is 0. The largest absolute Gasteiger partial charge is 0.434 e. The molecule has 74 valence electrons. The molecule has 1 aromatic carbocycles.